The number of nitrogens with zero attached hydrogens (tertiary/aromatic N) is 1. The molecule has 2 aromatic carbocycles. The van der Waals surface area contributed by atoms with Crippen LogP contribution in [0.3, 0.4) is 0 Å². The Balaban J connectivity index is 2.13. The first-order chi connectivity index (χ1) is 13.4. The smallest absolute Gasteiger partial charge is 0.261 e. The van der Waals surface area contributed by atoms with E-state index in [9.17, 15) is 14.0 Å². The lowest BCUT2D eigenvalue weighted by Gasteiger charge is -2.28. The van der Waals surface area contributed by atoms with Gasteiger partial charge in [-0.15, -0.1) is 0 Å². The Bertz CT molecular complexity index is 798. The van der Waals surface area contributed by atoms with Crippen molar-refractivity contribution >= 4 is 23.4 Å². The van der Waals surface area contributed by atoms with E-state index >= 15 is 0 Å². The van der Waals surface area contributed by atoms with E-state index in [1.54, 1.807) is 49.4 Å². The molecule has 7 heteroatoms. The van der Waals surface area contributed by atoms with Gasteiger partial charge in [0.05, 0.1) is 0 Å². The number of benzene rings is 2. The topological polar surface area (TPSA) is 58.6 Å². The molecule has 1 atom stereocenters. The third kappa shape index (κ3) is 6.23. The molecule has 150 valence electrons. The molecule has 0 radical (unpaired) electrons. The second-order valence-electron chi connectivity index (χ2n) is 6.32. The Labute approximate surface area is 169 Å². The van der Waals surface area contributed by atoms with Crippen LogP contribution >= 0.6 is 11.6 Å². The predicted octanol–water partition coefficient (Wildman–Crippen LogP) is 3.80. The number of hydrogen-bond acceptors (Lipinski definition) is 3. The van der Waals surface area contributed by atoms with Gasteiger partial charge in [-0.1, -0.05) is 36.7 Å². The van der Waals surface area contributed by atoms with Crippen molar-refractivity contribution < 1.29 is 18.7 Å². The zero-order valence-electron chi connectivity index (χ0n) is 16.0. The monoisotopic (exact) mass is 406 g/mol. The minimum Gasteiger partial charge on any atom is -0.484 e. The molecular weight excluding hydrogens is 383 g/mol. The van der Waals surface area contributed by atoms with Crippen LogP contribution in [0.2, 0.25) is 5.02 Å². The second-order valence-corrected chi connectivity index (χ2v) is 6.76. The highest BCUT2D eigenvalue weighted by atomic mass is 35.5. The molecular formula is C21H24ClFN2O3. The van der Waals surface area contributed by atoms with E-state index in [-0.39, 0.29) is 19.1 Å². The Hall–Kier alpha value is -2.60. The van der Waals surface area contributed by atoms with Gasteiger partial charge < -0.3 is 15.0 Å². The van der Waals surface area contributed by atoms with E-state index in [1.165, 1.54) is 11.0 Å². The normalized spacial score (nSPS) is 11.6. The summed E-state index contributed by atoms with van der Waals surface area (Å²) in [5, 5.41) is 3.32. The summed E-state index contributed by atoms with van der Waals surface area (Å²) in [4.78, 5) is 26.5. The highest BCUT2D eigenvalue weighted by molar-refractivity contribution is 6.30. The number of ether oxygens (including phenoxy) is 1. The molecule has 0 bridgehead atoms. The fourth-order valence-electron chi connectivity index (χ4n) is 2.55. The van der Waals surface area contributed by atoms with Gasteiger partial charge >= 0.3 is 0 Å². The largest absolute Gasteiger partial charge is 0.484 e. The summed E-state index contributed by atoms with van der Waals surface area (Å²) in [6.07, 6.45) is 0.777. The van der Waals surface area contributed by atoms with Crippen molar-refractivity contribution in [1.29, 1.82) is 0 Å². The van der Waals surface area contributed by atoms with Gasteiger partial charge in [-0.25, -0.2) is 4.39 Å². The van der Waals surface area contributed by atoms with Gasteiger partial charge in [-0.2, -0.15) is 0 Å². The van der Waals surface area contributed by atoms with E-state index in [0.29, 0.717) is 22.9 Å². The molecule has 0 saturated heterocycles. The molecule has 0 unspecified atom stereocenters. The summed E-state index contributed by atoms with van der Waals surface area (Å²) >= 11 is 5.84. The van der Waals surface area contributed by atoms with Gasteiger partial charge in [0.1, 0.15) is 17.6 Å². The second kappa shape index (κ2) is 10.7. The first-order valence-corrected chi connectivity index (χ1v) is 9.49. The first kappa shape index (κ1) is 21.7. The molecule has 0 aromatic heterocycles. The summed E-state index contributed by atoms with van der Waals surface area (Å²) < 4.78 is 19.6. The number of hydrogen-bond donors (Lipinski definition) is 1. The predicted molar refractivity (Wildman–Crippen MR) is 107 cm³/mol. The van der Waals surface area contributed by atoms with E-state index in [4.69, 9.17) is 16.3 Å². The van der Waals surface area contributed by atoms with Crippen LogP contribution in [-0.4, -0.2) is 35.9 Å². The molecule has 2 rings (SSSR count). The number of rotatable bonds is 9. The third-order valence-corrected chi connectivity index (χ3v) is 4.44. The molecule has 0 aliphatic heterocycles. The standard InChI is InChI=1S/C21H24ClFN2O3/c1-3-12-24-21(27)15(2)25(13-16-6-4-5-7-19(16)23)20(26)14-28-18-10-8-17(22)9-11-18/h4-11,15H,3,12-14H2,1-2H3,(H,24,27)/t15-/m1/s1. The van der Waals surface area contributed by atoms with E-state index < -0.39 is 17.8 Å². The maximum Gasteiger partial charge on any atom is 0.261 e. The quantitative estimate of drug-likeness (QED) is 0.689. The van der Waals surface area contributed by atoms with Crippen LogP contribution in [-0.2, 0) is 16.1 Å². The van der Waals surface area contributed by atoms with Crippen LogP contribution in [0.4, 0.5) is 4.39 Å². The number of carbonyl (C=O) groups excluding carboxylic acids is 2. The molecule has 0 fully saturated rings. The van der Waals surface area contributed by atoms with Gasteiger partial charge in [-0.05, 0) is 43.7 Å². The number of nitrogens with one attached hydrogen (secondary N) is 1. The van der Waals surface area contributed by atoms with Crippen molar-refractivity contribution in [2.75, 3.05) is 13.2 Å². The van der Waals surface area contributed by atoms with Crippen molar-refractivity contribution in [3.8, 4) is 5.75 Å². The van der Waals surface area contributed by atoms with E-state index in [1.807, 2.05) is 6.92 Å². The van der Waals surface area contributed by atoms with Gasteiger partial charge in [0.25, 0.3) is 5.91 Å². The highest BCUT2D eigenvalue weighted by Gasteiger charge is 2.27. The number of halogens is 2. The van der Waals surface area contributed by atoms with Crippen molar-refractivity contribution in [2.45, 2.75) is 32.9 Å². The van der Waals surface area contributed by atoms with Crippen LogP contribution in [0.5, 0.6) is 5.75 Å². The summed E-state index contributed by atoms with van der Waals surface area (Å²) in [6.45, 7) is 3.75. The molecule has 28 heavy (non-hydrogen) atoms. The Kier molecular flexibility index (Phi) is 8.26. The fourth-order valence-corrected chi connectivity index (χ4v) is 2.67. The Morgan fingerprint density at radius 2 is 1.86 bits per heavy atom. The summed E-state index contributed by atoms with van der Waals surface area (Å²) in [7, 11) is 0. The lowest BCUT2D eigenvalue weighted by Crippen LogP contribution is -2.49. The summed E-state index contributed by atoms with van der Waals surface area (Å²) in [5.74, 6) is -0.665. The zero-order valence-corrected chi connectivity index (χ0v) is 16.7. The lowest BCUT2D eigenvalue weighted by molar-refractivity contribution is -0.142. The van der Waals surface area contributed by atoms with Crippen molar-refractivity contribution in [2.24, 2.45) is 0 Å². The Morgan fingerprint density at radius 3 is 2.50 bits per heavy atom. The molecule has 0 saturated carbocycles. The molecule has 2 amide bonds. The molecule has 0 heterocycles. The van der Waals surface area contributed by atoms with Gasteiger partial charge in [0.15, 0.2) is 6.61 Å². The van der Waals surface area contributed by atoms with Crippen LogP contribution < -0.4 is 10.1 Å². The molecule has 1 N–H and O–H groups in total. The van der Waals surface area contributed by atoms with E-state index in [2.05, 4.69) is 5.32 Å². The zero-order chi connectivity index (χ0) is 20.5. The average molecular weight is 407 g/mol. The van der Waals surface area contributed by atoms with Crippen LogP contribution in [0.25, 0.3) is 0 Å². The van der Waals surface area contributed by atoms with Crippen molar-refractivity contribution in [1.82, 2.24) is 10.2 Å². The SMILES string of the molecule is CCCNC(=O)[C@@H](C)N(Cc1ccccc1F)C(=O)COc1ccc(Cl)cc1. The van der Waals surface area contributed by atoms with Gasteiger partial charge in [0.2, 0.25) is 5.91 Å². The van der Waals surface area contributed by atoms with Crippen molar-refractivity contribution in [3.05, 3.63) is 64.9 Å². The molecule has 0 aliphatic carbocycles. The molecule has 0 aliphatic rings. The third-order valence-electron chi connectivity index (χ3n) is 4.19. The molecule has 2 aromatic rings. The minimum atomic E-state index is -0.771. The summed E-state index contributed by atoms with van der Waals surface area (Å²) in [5.41, 5.74) is 0.331. The first-order valence-electron chi connectivity index (χ1n) is 9.11. The minimum absolute atomic E-state index is 0.0316. The molecule has 0 spiro atoms. The molecule has 5 nitrogen and oxygen atoms in total. The highest BCUT2D eigenvalue weighted by Crippen LogP contribution is 2.17. The number of carbonyl (C=O) groups is 2. The average Bonchev–Trinajstić information content (AvgIpc) is 2.70. The van der Waals surface area contributed by atoms with Gasteiger partial charge in [0, 0.05) is 23.7 Å². The van der Waals surface area contributed by atoms with Crippen LogP contribution in [0.15, 0.2) is 48.5 Å². The number of amides is 2. The maximum atomic E-state index is 14.1. The van der Waals surface area contributed by atoms with Crippen molar-refractivity contribution in [3.63, 3.8) is 0 Å². The fraction of sp³-hybridized carbons (Fsp3) is 0.333. The van der Waals surface area contributed by atoms with Gasteiger partial charge in [-0.3, -0.25) is 9.59 Å². The lowest BCUT2D eigenvalue weighted by atomic mass is 10.1. The van der Waals surface area contributed by atoms with Crippen LogP contribution in [0.1, 0.15) is 25.8 Å². The summed E-state index contributed by atoms with van der Waals surface area (Å²) in [6, 6.07) is 12.0. The van der Waals surface area contributed by atoms with E-state index in [0.717, 1.165) is 6.42 Å². The van der Waals surface area contributed by atoms with Crippen LogP contribution in [0, 0.1) is 5.82 Å². The Morgan fingerprint density at radius 1 is 1.18 bits per heavy atom. The maximum absolute atomic E-state index is 14.1.